The van der Waals surface area contributed by atoms with Crippen LogP contribution in [0.4, 0.5) is 0 Å². The van der Waals surface area contributed by atoms with E-state index in [4.69, 9.17) is 33.7 Å². The van der Waals surface area contributed by atoms with Gasteiger partial charge < -0.3 is 10.5 Å². The Morgan fingerprint density at radius 1 is 1.33 bits per heavy atom. The Labute approximate surface area is 150 Å². The van der Waals surface area contributed by atoms with Crippen molar-refractivity contribution in [1.29, 1.82) is 5.26 Å². The number of halogens is 2. The van der Waals surface area contributed by atoms with Crippen molar-refractivity contribution in [2.24, 2.45) is 5.73 Å². The molecule has 1 aromatic carbocycles. The summed E-state index contributed by atoms with van der Waals surface area (Å²) in [5.74, 6) is -0.0584. The number of benzene rings is 1. The molecular formula is C17H16Cl2N4O. The van der Waals surface area contributed by atoms with Crippen LogP contribution in [0.3, 0.4) is 0 Å². The number of ether oxygens (including phenoxy) is 1. The summed E-state index contributed by atoms with van der Waals surface area (Å²) in [6.07, 6.45) is 0. The van der Waals surface area contributed by atoms with E-state index in [1.165, 1.54) is 0 Å². The molecule has 0 saturated heterocycles. The molecule has 3 N–H and O–H groups in total. The molecule has 1 aliphatic rings. The molecule has 1 atom stereocenters. The van der Waals surface area contributed by atoms with E-state index in [0.717, 1.165) is 16.8 Å². The highest BCUT2D eigenvalue weighted by Gasteiger charge is 2.38. The summed E-state index contributed by atoms with van der Waals surface area (Å²) in [5, 5.41) is 17.9. The summed E-state index contributed by atoms with van der Waals surface area (Å²) in [7, 11) is 0. The molecule has 24 heavy (non-hydrogen) atoms. The number of H-pyrrole nitrogens is 1. The van der Waals surface area contributed by atoms with E-state index in [-0.39, 0.29) is 11.3 Å². The quantitative estimate of drug-likeness (QED) is 0.794. The molecule has 124 valence electrons. The molecule has 1 aliphatic heterocycles. The molecule has 0 bridgehead atoms. The third-order valence-corrected chi connectivity index (χ3v) is 4.52. The highest BCUT2D eigenvalue weighted by Crippen LogP contribution is 2.47. The van der Waals surface area contributed by atoms with Gasteiger partial charge in [0.25, 0.3) is 0 Å². The van der Waals surface area contributed by atoms with Crippen LogP contribution in [0.1, 0.15) is 43.5 Å². The van der Waals surface area contributed by atoms with Crippen LogP contribution in [0.5, 0.6) is 5.88 Å². The average molecular weight is 363 g/mol. The smallest absolute Gasteiger partial charge is 0.244 e. The molecule has 0 amide bonds. The van der Waals surface area contributed by atoms with Crippen molar-refractivity contribution in [1.82, 2.24) is 10.2 Å². The molecule has 5 nitrogen and oxygen atoms in total. The van der Waals surface area contributed by atoms with Crippen molar-refractivity contribution in [3.63, 3.8) is 0 Å². The zero-order chi connectivity index (χ0) is 17.6. The highest BCUT2D eigenvalue weighted by molar-refractivity contribution is 6.35. The van der Waals surface area contributed by atoms with Crippen molar-refractivity contribution >= 4 is 23.2 Å². The van der Waals surface area contributed by atoms with Gasteiger partial charge in [-0.25, -0.2) is 0 Å². The molecule has 0 aliphatic carbocycles. The van der Waals surface area contributed by atoms with Gasteiger partial charge in [0.05, 0.1) is 11.5 Å². The van der Waals surface area contributed by atoms with E-state index in [2.05, 4.69) is 37.0 Å². The Morgan fingerprint density at radius 3 is 2.62 bits per heavy atom. The zero-order valence-electron chi connectivity index (χ0n) is 13.4. The van der Waals surface area contributed by atoms with E-state index in [1.54, 1.807) is 18.2 Å². The summed E-state index contributed by atoms with van der Waals surface area (Å²) in [4.78, 5) is 0. The normalized spacial score (nSPS) is 17.2. The van der Waals surface area contributed by atoms with Gasteiger partial charge in [0, 0.05) is 21.2 Å². The number of fused-ring (bicyclic) bond motifs is 1. The maximum Gasteiger partial charge on any atom is 0.244 e. The van der Waals surface area contributed by atoms with Gasteiger partial charge in [-0.05, 0) is 17.7 Å². The van der Waals surface area contributed by atoms with Gasteiger partial charge in [-0.2, -0.15) is 5.26 Å². The predicted molar refractivity (Wildman–Crippen MR) is 93.0 cm³/mol. The van der Waals surface area contributed by atoms with Crippen LogP contribution in [-0.2, 0) is 5.41 Å². The number of nitriles is 1. The number of hydrogen-bond acceptors (Lipinski definition) is 4. The fraction of sp³-hybridized carbons (Fsp3) is 0.294. The summed E-state index contributed by atoms with van der Waals surface area (Å²) < 4.78 is 5.55. The number of nitrogens with zero attached hydrogens (tertiary/aromatic N) is 2. The van der Waals surface area contributed by atoms with Crippen molar-refractivity contribution < 1.29 is 4.74 Å². The first-order valence-corrected chi connectivity index (χ1v) is 8.11. The van der Waals surface area contributed by atoms with Crippen molar-refractivity contribution in [3.05, 3.63) is 56.5 Å². The number of nitrogens with two attached hydrogens (primary N) is 1. The molecule has 0 radical (unpaired) electrons. The molecule has 0 spiro atoms. The summed E-state index contributed by atoms with van der Waals surface area (Å²) in [5.41, 5.74) is 8.40. The Kier molecular flexibility index (Phi) is 3.98. The Balaban J connectivity index is 2.31. The number of aromatic nitrogens is 2. The second-order valence-corrected chi connectivity index (χ2v) is 7.50. The van der Waals surface area contributed by atoms with Gasteiger partial charge in [-0.15, -0.1) is 5.10 Å². The van der Waals surface area contributed by atoms with Gasteiger partial charge in [0.1, 0.15) is 11.6 Å². The maximum atomic E-state index is 9.63. The van der Waals surface area contributed by atoms with Gasteiger partial charge in [0.2, 0.25) is 11.8 Å². The minimum absolute atomic E-state index is 0.0352. The SMILES string of the molecule is CC(C)(C)c1[nH]nc2c1C(c1ccc(Cl)cc1Cl)C(C#N)=C(N)O2. The number of hydrogen-bond donors (Lipinski definition) is 2. The molecular weight excluding hydrogens is 347 g/mol. The molecule has 0 saturated carbocycles. The second kappa shape index (κ2) is 5.73. The fourth-order valence-electron chi connectivity index (χ4n) is 2.86. The lowest BCUT2D eigenvalue weighted by molar-refractivity contribution is 0.378. The minimum Gasteiger partial charge on any atom is -0.420 e. The van der Waals surface area contributed by atoms with Crippen LogP contribution in [0.25, 0.3) is 0 Å². The Bertz CT molecular complexity index is 887. The van der Waals surface area contributed by atoms with E-state index in [1.807, 2.05) is 0 Å². The minimum atomic E-state index is -0.462. The van der Waals surface area contributed by atoms with E-state index in [0.29, 0.717) is 21.5 Å². The number of rotatable bonds is 1. The zero-order valence-corrected chi connectivity index (χ0v) is 15.0. The van der Waals surface area contributed by atoms with Gasteiger partial charge in [-0.3, -0.25) is 5.10 Å². The third kappa shape index (κ3) is 2.62. The van der Waals surface area contributed by atoms with E-state index < -0.39 is 5.92 Å². The van der Waals surface area contributed by atoms with Gasteiger partial charge >= 0.3 is 0 Å². The largest absolute Gasteiger partial charge is 0.420 e. The average Bonchev–Trinajstić information content (AvgIpc) is 2.89. The molecule has 1 unspecified atom stereocenters. The first-order valence-electron chi connectivity index (χ1n) is 7.35. The first kappa shape index (κ1) is 16.7. The van der Waals surface area contributed by atoms with Gasteiger partial charge in [-0.1, -0.05) is 50.0 Å². The molecule has 3 rings (SSSR count). The van der Waals surface area contributed by atoms with E-state index >= 15 is 0 Å². The van der Waals surface area contributed by atoms with Crippen LogP contribution in [0.15, 0.2) is 29.7 Å². The lowest BCUT2D eigenvalue weighted by atomic mass is 9.79. The van der Waals surface area contributed by atoms with Crippen LogP contribution in [0, 0.1) is 11.3 Å². The number of allylic oxidation sites excluding steroid dienone is 1. The molecule has 1 aromatic heterocycles. The lowest BCUT2D eigenvalue weighted by Crippen LogP contribution is -2.24. The van der Waals surface area contributed by atoms with E-state index in [9.17, 15) is 5.26 Å². The molecule has 0 fully saturated rings. The molecule has 7 heteroatoms. The first-order chi connectivity index (χ1) is 11.2. The van der Waals surface area contributed by atoms with Crippen molar-refractivity contribution in [3.8, 4) is 11.9 Å². The predicted octanol–water partition coefficient (Wildman–Crippen LogP) is 4.23. The summed E-state index contributed by atoms with van der Waals surface area (Å²) >= 11 is 12.4. The van der Waals surface area contributed by atoms with Crippen LogP contribution < -0.4 is 10.5 Å². The van der Waals surface area contributed by atoms with Crippen LogP contribution in [0.2, 0.25) is 10.0 Å². The topological polar surface area (TPSA) is 87.7 Å². The maximum absolute atomic E-state index is 9.63. The van der Waals surface area contributed by atoms with Crippen molar-refractivity contribution in [2.45, 2.75) is 32.1 Å². The van der Waals surface area contributed by atoms with Crippen LogP contribution >= 0.6 is 23.2 Å². The molecule has 2 heterocycles. The molecule has 2 aromatic rings. The fourth-order valence-corrected chi connectivity index (χ4v) is 3.38. The monoisotopic (exact) mass is 362 g/mol. The Hall–Kier alpha value is -2.16. The van der Waals surface area contributed by atoms with Crippen molar-refractivity contribution in [2.75, 3.05) is 0 Å². The Morgan fingerprint density at radius 2 is 2.04 bits per heavy atom. The van der Waals surface area contributed by atoms with Gasteiger partial charge in [0.15, 0.2) is 0 Å². The standard InChI is InChI=1S/C17H16Cl2N4O/c1-17(2,3)14-13-12(9-5-4-8(18)6-11(9)19)10(7-20)15(21)24-16(13)23-22-14/h4-6,12H,21H2,1-3H3,(H,22,23). The van der Waals surface area contributed by atoms with Crippen LogP contribution in [-0.4, -0.2) is 10.2 Å². The second-order valence-electron chi connectivity index (χ2n) is 6.66. The number of nitrogens with one attached hydrogen (secondary N) is 1. The summed E-state index contributed by atoms with van der Waals surface area (Å²) in [6, 6.07) is 7.33. The third-order valence-electron chi connectivity index (χ3n) is 3.96. The summed E-state index contributed by atoms with van der Waals surface area (Å²) in [6.45, 7) is 6.15. The number of aromatic amines is 1. The lowest BCUT2D eigenvalue weighted by Gasteiger charge is -2.28. The highest BCUT2D eigenvalue weighted by atomic mass is 35.5.